The monoisotopic (exact) mass is 477 g/mol. The summed E-state index contributed by atoms with van der Waals surface area (Å²) in [4.78, 5) is 15.1. The van der Waals surface area contributed by atoms with Crippen LogP contribution in [0.5, 0.6) is 5.75 Å². The van der Waals surface area contributed by atoms with E-state index in [0.29, 0.717) is 37.6 Å². The summed E-state index contributed by atoms with van der Waals surface area (Å²) in [6.45, 7) is 2.96. The molecule has 2 aromatic carbocycles. The second-order valence-electron chi connectivity index (χ2n) is 8.08. The molecule has 0 unspecified atom stereocenters. The van der Waals surface area contributed by atoms with Gasteiger partial charge < -0.3 is 19.7 Å². The van der Waals surface area contributed by atoms with E-state index in [4.69, 9.17) is 9.47 Å². The molecule has 2 aliphatic rings. The third-order valence-electron chi connectivity index (χ3n) is 5.88. The summed E-state index contributed by atoms with van der Waals surface area (Å²) < 4.78 is 51.9. The minimum atomic E-state index is -3.71. The van der Waals surface area contributed by atoms with Gasteiger partial charge in [-0.2, -0.15) is 4.31 Å². The third-order valence-corrected chi connectivity index (χ3v) is 7.77. The fraction of sp³-hybridized carbons (Fsp3) is 0.435. The quantitative estimate of drug-likeness (QED) is 0.660. The molecule has 0 aromatic heterocycles. The van der Waals surface area contributed by atoms with Gasteiger partial charge in [0.25, 0.3) is 0 Å². The van der Waals surface area contributed by atoms with Crippen molar-refractivity contribution in [1.29, 1.82) is 0 Å². The van der Waals surface area contributed by atoms with Crippen LogP contribution in [0.15, 0.2) is 41.3 Å². The summed E-state index contributed by atoms with van der Waals surface area (Å²) in [5.74, 6) is -0.795. The molecule has 2 aromatic rings. The minimum Gasteiger partial charge on any atom is -0.494 e. The molecule has 10 heteroatoms. The van der Waals surface area contributed by atoms with Crippen molar-refractivity contribution in [3.05, 3.63) is 47.8 Å². The van der Waals surface area contributed by atoms with E-state index in [9.17, 15) is 17.6 Å². The van der Waals surface area contributed by atoms with E-state index >= 15 is 0 Å². The number of sulfonamides is 1. The van der Waals surface area contributed by atoms with Gasteiger partial charge in [0, 0.05) is 26.2 Å². The van der Waals surface area contributed by atoms with Gasteiger partial charge in [0.1, 0.15) is 0 Å². The molecule has 0 spiro atoms. The molecule has 0 bridgehead atoms. The Morgan fingerprint density at radius 3 is 2.48 bits per heavy atom. The van der Waals surface area contributed by atoms with Crippen molar-refractivity contribution < 1.29 is 27.1 Å². The molecule has 33 heavy (non-hydrogen) atoms. The van der Waals surface area contributed by atoms with Crippen molar-refractivity contribution in [2.45, 2.75) is 24.2 Å². The number of nitrogens with zero attached hydrogens (tertiary/aromatic N) is 2. The van der Waals surface area contributed by atoms with Crippen LogP contribution in [0.4, 0.5) is 15.8 Å². The minimum absolute atomic E-state index is 0.0548. The van der Waals surface area contributed by atoms with E-state index in [0.717, 1.165) is 31.6 Å². The van der Waals surface area contributed by atoms with Crippen LogP contribution >= 0.6 is 0 Å². The number of benzene rings is 2. The van der Waals surface area contributed by atoms with Crippen LogP contribution in [0.2, 0.25) is 0 Å². The first kappa shape index (κ1) is 23.5. The lowest BCUT2D eigenvalue weighted by atomic mass is 10.1. The lowest BCUT2D eigenvalue weighted by Gasteiger charge is -2.27. The Bertz CT molecular complexity index is 1110. The van der Waals surface area contributed by atoms with Gasteiger partial charge in [-0.25, -0.2) is 12.8 Å². The highest BCUT2D eigenvalue weighted by Crippen LogP contribution is 2.32. The molecule has 1 amide bonds. The number of rotatable bonds is 7. The standard InChI is InChI=1S/C23H28FN3O5S/c1-31-22-7-4-17(14-19(22)24)15-23(28)25-20-16-18(5-6-21(20)26-8-2-3-9-26)33(29,30)27-10-12-32-13-11-27/h4-7,14,16H,2-3,8-13,15H2,1H3,(H,25,28). The number of amides is 1. The number of hydrogen-bond acceptors (Lipinski definition) is 6. The van der Waals surface area contributed by atoms with Crippen molar-refractivity contribution >= 4 is 27.3 Å². The lowest BCUT2D eigenvalue weighted by Crippen LogP contribution is -2.40. The molecule has 0 atom stereocenters. The Morgan fingerprint density at radius 2 is 1.82 bits per heavy atom. The van der Waals surface area contributed by atoms with E-state index in [1.807, 2.05) is 0 Å². The maximum atomic E-state index is 14.0. The normalized spacial score (nSPS) is 17.2. The average Bonchev–Trinajstić information content (AvgIpc) is 3.34. The maximum absolute atomic E-state index is 14.0. The van der Waals surface area contributed by atoms with Gasteiger partial charge in [0.15, 0.2) is 11.6 Å². The first-order chi connectivity index (χ1) is 15.9. The number of nitrogens with one attached hydrogen (secondary N) is 1. The van der Waals surface area contributed by atoms with Gasteiger partial charge in [-0.15, -0.1) is 0 Å². The molecule has 4 rings (SSSR count). The van der Waals surface area contributed by atoms with Gasteiger partial charge in [-0.1, -0.05) is 6.07 Å². The molecular weight excluding hydrogens is 449 g/mol. The zero-order valence-corrected chi connectivity index (χ0v) is 19.4. The first-order valence-electron chi connectivity index (χ1n) is 11.0. The van der Waals surface area contributed by atoms with E-state index < -0.39 is 15.8 Å². The summed E-state index contributed by atoms with van der Waals surface area (Å²) in [5.41, 5.74) is 1.71. The molecule has 2 saturated heterocycles. The number of ether oxygens (including phenoxy) is 2. The molecule has 1 N–H and O–H groups in total. The Hall–Kier alpha value is -2.69. The second-order valence-corrected chi connectivity index (χ2v) is 10.0. The highest BCUT2D eigenvalue weighted by Gasteiger charge is 2.28. The number of carbonyl (C=O) groups is 1. The Kier molecular flexibility index (Phi) is 7.16. The van der Waals surface area contributed by atoms with Crippen LogP contribution in [-0.2, 0) is 26.0 Å². The van der Waals surface area contributed by atoms with Gasteiger partial charge in [-0.3, -0.25) is 4.79 Å². The van der Waals surface area contributed by atoms with Crippen LogP contribution < -0.4 is 15.0 Å². The molecule has 0 aliphatic carbocycles. The average molecular weight is 478 g/mol. The van der Waals surface area contributed by atoms with E-state index in [-0.39, 0.29) is 23.0 Å². The fourth-order valence-electron chi connectivity index (χ4n) is 4.15. The van der Waals surface area contributed by atoms with Crippen LogP contribution in [0.3, 0.4) is 0 Å². The summed E-state index contributed by atoms with van der Waals surface area (Å²) in [6.07, 6.45) is 2.01. The molecule has 2 aliphatic heterocycles. The van der Waals surface area contributed by atoms with Crippen LogP contribution in [-0.4, -0.2) is 65.1 Å². The smallest absolute Gasteiger partial charge is 0.243 e. The maximum Gasteiger partial charge on any atom is 0.243 e. The largest absolute Gasteiger partial charge is 0.494 e. The molecule has 2 fully saturated rings. The Labute approximate surface area is 193 Å². The van der Waals surface area contributed by atoms with Gasteiger partial charge in [-0.05, 0) is 48.7 Å². The third kappa shape index (κ3) is 5.29. The Morgan fingerprint density at radius 1 is 1.09 bits per heavy atom. The van der Waals surface area contributed by atoms with Gasteiger partial charge >= 0.3 is 0 Å². The summed E-state index contributed by atoms with van der Waals surface area (Å²) in [5, 5.41) is 2.86. The van der Waals surface area contributed by atoms with Gasteiger partial charge in [0.2, 0.25) is 15.9 Å². The molecular formula is C23H28FN3O5S. The number of methoxy groups -OCH3 is 1. The van der Waals surface area contributed by atoms with Crippen molar-refractivity contribution in [2.75, 3.05) is 56.7 Å². The zero-order valence-electron chi connectivity index (χ0n) is 18.5. The Balaban J connectivity index is 1.59. The highest BCUT2D eigenvalue weighted by molar-refractivity contribution is 7.89. The van der Waals surface area contributed by atoms with Crippen molar-refractivity contribution in [3.63, 3.8) is 0 Å². The predicted octanol–water partition coefficient (Wildman–Crippen LogP) is 2.64. The molecule has 0 radical (unpaired) electrons. The topological polar surface area (TPSA) is 88.2 Å². The van der Waals surface area contributed by atoms with Crippen LogP contribution in [0.1, 0.15) is 18.4 Å². The summed E-state index contributed by atoms with van der Waals surface area (Å²) in [7, 11) is -2.34. The van der Waals surface area contributed by atoms with E-state index in [1.54, 1.807) is 18.2 Å². The predicted molar refractivity (Wildman–Crippen MR) is 123 cm³/mol. The number of hydrogen-bond donors (Lipinski definition) is 1. The van der Waals surface area contributed by atoms with Crippen molar-refractivity contribution in [1.82, 2.24) is 4.31 Å². The molecule has 2 heterocycles. The zero-order chi connectivity index (χ0) is 23.4. The van der Waals surface area contributed by atoms with Crippen molar-refractivity contribution in [2.24, 2.45) is 0 Å². The molecule has 178 valence electrons. The molecule has 8 nitrogen and oxygen atoms in total. The van der Waals surface area contributed by atoms with E-state index in [2.05, 4.69) is 10.2 Å². The summed E-state index contributed by atoms with van der Waals surface area (Å²) in [6, 6.07) is 9.23. The number of carbonyl (C=O) groups excluding carboxylic acids is 1. The van der Waals surface area contributed by atoms with Crippen LogP contribution in [0, 0.1) is 5.82 Å². The number of morpholine rings is 1. The summed E-state index contributed by atoms with van der Waals surface area (Å²) >= 11 is 0. The van der Waals surface area contributed by atoms with Crippen LogP contribution in [0.25, 0.3) is 0 Å². The number of anilines is 2. The second kappa shape index (κ2) is 10.1. The SMILES string of the molecule is COc1ccc(CC(=O)Nc2cc(S(=O)(=O)N3CCOCC3)ccc2N2CCCC2)cc1F. The fourth-order valence-corrected chi connectivity index (χ4v) is 5.58. The van der Waals surface area contributed by atoms with Crippen molar-refractivity contribution in [3.8, 4) is 5.75 Å². The van der Waals surface area contributed by atoms with E-state index in [1.165, 1.54) is 29.6 Å². The molecule has 0 saturated carbocycles. The first-order valence-corrected chi connectivity index (χ1v) is 12.4. The lowest BCUT2D eigenvalue weighted by molar-refractivity contribution is -0.115. The number of halogens is 1. The van der Waals surface area contributed by atoms with Gasteiger partial charge in [0.05, 0.1) is 43.0 Å². The highest BCUT2D eigenvalue weighted by atomic mass is 32.2.